The molecule has 5 nitrogen and oxygen atoms in total. The molecule has 0 saturated heterocycles. The predicted octanol–water partition coefficient (Wildman–Crippen LogP) is 1.20. The molecule has 0 N–H and O–H groups in total. The van der Waals surface area contributed by atoms with Gasteiger partial charge in [0.2, 0.25) is 0 Å². The SMILES string of the molecule is COc1coc([N+](=O)[O-])c1. The summed E-state index contributed by atoms with van der Waals surface area (Å²) in [5, 5.41) is 9.99. The molecule has 1 aromatic rings. The zero-order valence-electron chi connectivity index (χ0n) is 5.23. The fraction of sp³-hybridized carbons (Fsp3) is 0.200. The molecule has 10 heavy (non-hydrogen) atoms. The van der Waals surface area contributed by atoms with E-state index in [9.17, 15) is 10.1 Å². The first kappa shape index (κ1) is 6.60. The molecule has 1 aromatic heterocycles. The van der Waals surface area contributed by atoms with E-state index in [2.05, 4.69) is 9.15 Å². The van der Waals surface area contributed by atoms with E-state index >= 15 is 0 Å². The monoisotopic (exact) mass is 143 g/mol. The molecule has 0 radical (unpaired) electrons. The van der Waals surface area contributed by atoms with Gasteiger partial charge in [-0.15, -0.1) is 0 Å². The Morgan fingerprint density at radius 2 is 2.50 bits per heavy atom. The lowest BCUT2D eigenvalue weighted by Crippen LogP contribution is -1.83. The van der Waals surface area contributed by atoms with E-state index < -0.39 is 4.92 Å². The van der Waals surface area contributed by atoms with Crippen molar-refractivity contribution in [3.8, 4) is 5.75 Å². The third kappa shape index (κ3) is 1.07. The summed E-state index contributed by atoms with van der Waals surface area (Å²) >= 11 is 0. The maximum Gasteiger partial charge on any atom is 0.436 e. The molecule has 0 atom stereocenters. The highest BCUT2D eigenvalue weighted by Gasteiger charge is 2.11. The van der Waals surface area contributed by atoms with Crippen molar-refractivity contribution in [2.45, 2.75) is 0 Å². The number of methoxy groups -OCH3 is 1. The van der Waals surface area contributed by atoms with Crippen LogP contribution >= 0.6 is 0 Å². The molecule has 54 valence electrons. The summed E-state index contributed by atoms with van der Waals surface area (Å²) in [4.78, 5) is 9.36. The van der Waals surface area contributed by atoms with E-state index in [0.717, 1.165) is 0 Å². The molecule has 0 fully saturated rings. The third-order valence-corrected chi connectivity index (χ3v) is 0.977. The largest absolute Gasteiger partial charge is 0.493 e. The number of rotatable bonds is 2. The summed E-state index contributed by atoms with van der Waals surface area (Å²) in [6.45, 7) is 0. The molecule has 0 bridgehead atoms. The number of nitro groups is 1. The van der Waals surface area contributed by atoms with Gasteiger partial charge in [-0.3, -0.25) is 10.1 Å². The molecule has 1 rings (SSSR count). The topological polar surface area (TPSA) is 65.5 Å². The minimum Gasteiger partial charge on any atom is -0.493 e. The van der Waals surface area contributed by atoms with Crippen molar-refractivity contribution in [1.82, 2.24) is 0 Å². The first-order chi connectivity index (χ1) is 4.74. The second-order valence-electron chi connectivity index (χ2n) is 1.58. The molecule has 0 saturated carbocycles. The molecule has 0 aliphatic carbocycles. The standard InChI is InChI=1S/C5H5NO4/c1-9-4-2-5(6(7)8)10-3-4/h2-3H,1H3. The molecule has 0 amide bonds. The minimum absolute atomic E-state index is 0.308. The summed E-state index contributed by atoms with van der Waals surface area (Å²) < 4.78 is 9.14. The van der Waals surface area contributed by atoms with Crippen molar-refractivity contribution in [3.63, 3.8) is 0 Å². The van der Waals surface area contributed by atoms with Crippen LogP contribution in [0, 0.1) is 10.1 Å². The summed E-state index contributed by atoms with van der Waals surface area (Å²) in [6.07, 6.45) is 1.18. The van der Waals surface area contributed by atoms with Crippen molar-refractivity contribution in [2.75, 3.05) is 7.11 Å². The van der Waals surface area contributed by atoms with Gasteiger partial charge in [0.1, 0.15) is 17.3 Å². The Hall–Kier alpha value is -1.52. The van der Waals surface area contributed by atoms with Gasteiger partial charge in [-0.25, -0.2) is 0 Å². The Morgan fingerprint density at radius 1 is 1.80 bits per heavy atom. The van der Waals surface area contributed by atoms with E-state index in [1.807, 2.05) is 0 Å². The number of hydrogen-bond donors (Lipinski definition) is 0. The molecule has 0 aromatic carbocycles. The van der Waals surface area contributed by atoms with Crippen LogP contribution in [0.1, 0.15) is 0 Å². The van der Waals surface area contributed by atoms with Crippen LogP contribution in [0.2, 0.25) is 0 Å². The van der Waals surface area contributed by atoms with E-state index in [1.54, 1.807) is 0 Å². The zero-order valence-corrected chi connectivity index (χ0v) is 5.23. The fourth-order valence-electron chi connectivity index (χ4n) is 0.511. The molecular formula is C5H5NO4. The van der Waals surface area contributed by atoms with Crippen molar-refractivity contribution in [2.24, 2.45) is 0 Å². The first-order valence-corrected chi connectivity index (χ1v) is 2.51. The first-order valence-electron chi connectivity index (χ1n) is 2.51. The van der Waals surface area contributed by atoms with Crippen LogP contribution in [0.5, 0.6) is 5.75 Å². The van der Waals surface area contributed by atoms with Gasteiger partial charge in [0.05, 0.1) is 7.11 Å². The molecule has 0 unspecified atom stereocenters. The van der Waals surface area contributed by atoms with Crippen LogP contribution < -0.4 is 4.74 Å². The smallest absolute Gasteiger partial charge is 0.436 e. The summed E-state index contributed by atoms with van der Waals surface area (Å²) in [6, 6.07) is 1.21. The predicted molar refractivity (Wildman–Crippen MR) is 31.9 cm³/mol. The van der Waals surface area contributed by atoms with Crippen LogP contribution in [0.15, 0.2) is 16.7 Å². The highest BCUT2D eigenvalue weighted by atomic mass is 16.6. The number of nitrogens with zero attached hydrogens (tertiary/aromatic N) is 1. The van der Waals surface area contributed by atoms with Crippen LogP contribution in [0.25, 0.3) is 0 Å². The molecule has 0 spiro atoms. The molecule has 0 aliphatic rings. The molecule has 5 heteroatoms. The van der Waals surface area contributed by atoms with E-state index in [4.69, 9.17) is 0 Å². The summed E-state index contributed by atoms with van der Waals surface area (Å²) in [7, 11) is 1.41. The molecular weight excluding hydrogens is 138 g/mol. The number of hydrogen-bond acceptors (Lipinski definition) is 4. The molecule has 0 aliphatic heterocycles. The van der Waals surface area contributed by atoms with Gasteiger partial charge >= 0.3 is 5.88 Å². The van der Waals surface area contributed by atoms with E-state index in [1.165, 1.54) is 19.4 Å². The number of ether oxygens (including phenoxy) is 1. The fourth-order valence-corrected chi connectivity index (χ4v) is 0.511. The maximum absolute atomic E-state index is 9.99. The Labute approximate surface area is 56.4 Å². The Kier molecular flexibility index (Phi) is 1.57. The van der Waals surface area contributed by atoms with E-state index in [0.29, 0.717) is 5.75 Å². The summed E-state index contributed by atoms with van der Waals surface area (Å²) in [5.41, 5.74) is 0. The van der Waals surface area contributed by atoms with Crippen molar-refractivity contribution < 1.29 is 14.1 Å². The quantitative estimate of drug-likeness (QED) is 0.460. The number of furan rings is 1. The van der Waals surface area contributed by atoms with Gasteiger partial charge in [-0.2, -0.15) is 0 Å². The van der Waals surface area contributed by atoms with Crippen molar-refractivity contribution >= 4 is 5.88 Å². The van der Waals surface area contributed by atoms with Crippen LogP contribution in [0.4, 0.5) is 5.88 Å². The third-order valence-electron chi connectivity index (χ3n) is 0.977. The van der Waals surface area contributed by atoms with Gasteiger partial charge in [-0.05, 0) is 0 Å². The summed E-state index contributed by atoms with van der Waals surface area (Å²) in [5.74, 6) is 0.0450. The van der Waals surface area contributed by atoms with Crippen LogP contribution in [-0.2, 0) is 0 Å². The lowest BCUT2D eigenvalue weighted by molar-refractivity contribution is -0.402. The lowest BCUT2D eigenvalue weighted by atomic mass is 10.6. The second kappa shape index (κ2) is 2.38. The average Bonchev–Trinajstić information content (AvgIpc) is 2.34. The average molecular weight is 143 g/mol. The van der Waals surface area contributed by atoms with Gasteiger partial charge < -0.3 is 9.15 Å². The maximum atomic E-state index is 9.99. The van der Waals surface area contributed by atoms with Crippen molar-refractivity contribution in [3.05, 3.63) is 22.4 Å². The highest BCUT2D eigenvalue weighted by molar-refractivity contribution is 5.27. The lowest BCUT2D eigenvalue weighted by Gasteiger charge is -1.84. The Bertz CT molecular complexity index is 242. The highest BCUT2D eigenvalue weighted by Crippen LogP contribution is 2.20. The van der Waals surface area contributed by atoms with Crippen molar-refractivity contribution in [1.29, 1.82) is 0 Å². The second-order valence-corrected chi connectivity index (χ2v) is 1.58. The minimum atomic E-state index is -0.622. The van der Waals surface area contributed by atoms with Gasteiger partial charge in [0.15, 0.2) is 5.75 Å². The van der Waals surface area contributed by atoms with Gasteiger partial charge in [-0.1, -0.05) is 0 Å². The molecule has 1 heterocycles. The zero-order chi connectivity index (χ0) is 7.56. The Balaban J connectivity index is 2.88. The Morgan fingerprint density at radius 3 is 2.80 bits per heavy atom. The van der Waals surface area contributed by atoms with Crippen LogP contribution in [-0.4, -0.2) is 12.0 Å². The van der Waals surface area contributed by atoms with Crippen LogP contribution in [0.3, 0.4) is 0 Å². The van der Waals surface area contributed by atoms with E-state index in [-0.39, 0.29) is 5.88 Å². The van der Waals surface area contributed by atoms with Gasteiger partial charge in [0.25, 0.3) is 0 Å². The van der Waals surface area contributed by atoms with Gasteiger partial charge in [0, 0.05) is 0 Å². The normalized spacial score (nSPS) is 9.30.